The van der Waals surface area contributed by atoms with Crippen LogP contribution in [0.15, 0.2) is 48.8 Å². The Bertz CT molecular complexity index is 1430. The minimum atomic E-state index is -1.03. The van der Waals surface area contributed by atoms with Crippen molar-refractivity contribution in [1.82, 2.24) is 24.5 Å². The number of nitrogens with zero attached hydrogens (tertiary/aromatic N) is 5. The van der Waals surface area contributed by atoms with Crippen LogP contribution in [0.5, 0.6) is 11.5 Å². The number of hydrogen-bond donors (Lipinski definition) is 1. The number of benzene rings is 2. The second-order valence-corrected chi connectivity index (χ2v) is 8.75. The van der Waals surface area contributed by atoms with Gasteiger partial charge in [-0.3, -0.25) is 9.25 Å². The molecule has 2 atom stereocenters. The van der Waals surface area contributed by atoms with Crippen molar-refractivity contribution in [2.75, 3.05) is 14.2 Å². The van der Waals surface area contributed by atoms with Crippen LogP contribution in [0.2, 0.25) is 5.02 Å². The summed E-state index contributed by atoms with van der Waals surface area (Å²) in [6, 6.07) is 11.3. The molecule has 5 rings (SSSR count). The number of aromatic nitrogens is 5. The molecule has 1 aliphatic rings. The highest BCUT2D eigenvalue weighted by atomic mass is 35.5. The summed E-state index contributed by atoms with van der Waals surface area (Å²) in [7, 11) is 3.18. The van der Waals surface area contributed by atoms with Gasteiger partial charge in [-0.2, -0.15) is 5.10 Å². The average molecular weight is 510 g/mol. The molecule has 0 fully saturated rings. The smallest absolute Gasteiger partial charge is 0.338 e. The van der Waals surface area contributed by atoms with E-state index in [1.807, 2.05) is 47.9 Å². The van der Waals surface area contributed by atoms with Gasteiger partial charge >= 0.3 is 5.97 Å². The summed E-state index contributed by atoms with van der Waals surface area (Å²) >= 11 is 6.45. The highest BCUT2D eigenvalue weighted by Gasteiger charge is 2.35. The van der Waals surface area contributed by atoms with Crippen LogP contribution in [0.25, 0.3) is 5.69 Å². The van der Waals surface area contributed by atoms with E-state index in [2.05, 4.69) is 15.3 Å². The fourth-order valence-electron chi connectivity index (χ4n) is 4.52. The number of methoxy groups -OCH3 is 2. The van der Waals surface area contributed by atoms with Crippen LogP contribution in [0, 0.1) is 6.92 Å². The van der Waals surface area contributed by atoms with E-state index in [0.29, 0.717) is 41.1 Å². The lowest BCUT2D eigenvalue weighted by atomic mass is 9.98. The summed E-state index contributed by atoms with van der Waals surface area (Å²) in [4.78, 5) is 11.3. The summed E-state index contributed by atoms with van der Waals surface area (Å²) in [5, 5.41) is 22.7. The lowest BCUT2D eigenvalue weighted by molar-refractivity contribution is -0.00437. The zero-order valence-corrected chi connectivity index (χ0v) is 20.6. The Kier molecular flexibility index (Phi) is 6.38. The first kappa shape index (κ1) is 23.8. The molecule has 0 saturated carbocycles. The molecule has 1 aliphatic heterocycles. The third-order valence-corrected chi connectivity index (χ3v) is 6.40. The van der Waals surface area contributed by atoms with Crippen molar-refractivity contribution < 1.29 is 24.1 Å². The quantitative estimate of drug-likeness (QED) is 0.390. The van der Waals surface area contributed by atoms with Gasteiger partial charge in [-0.05, 0) is 31.2 Å². The van der Waals surface area contributed by atoms with Crippen LogP contribution in [0.1, 0.15) is 51.8 Å². The van der Waals surface area contributed by atoms with Crippen LogP contribution in [-0.2, 0) is 11.3 Å². The highest BCUT2D eigenvalue weighted by Crippen LogP contribution is 2.46. The molecule has 0 bridgehead atoms. The molecule has 10 nitrogen and oxygen atoms in total. The molecule has 2 aromatic carbocycles. The molecule has 0 radical (unpaired) electrons. The van der Waals surface area contributed by atoms with Crippen molar-refractivity contribution in [3.63, 3.8) is 0 Å². The largest absolute Gasteiger partial charge is 0.493 e. The van der Waals surface area contributed by atoms with Gasteiger partial charge in [0.05, 0.1) is 31.7 Å². The number of carboxylic acid groups (broad SMARTS) is 1. The summed E-state index contributed by atoms with van der Waals surface area (Å²) in [6.45, 7) is 2.29. The number of fused-ring (bicyclic) bond motifs is 3. The number of carboxylic acids is 1. The van der Waals surface area contributed by atoms with Crippen LogP contribution in [0.3, 0.4) is 0 Å². The summed E-state index contributed by atoms with van der Waals surface area (Å²) in [5.74, 6) is 1.44. The molecule has 1 N–H and O–H groups in total. The standard InChI is InChI=1S/C25H24ClN5O5/c1-14-28-29-24-21(9-10-30-13-15(12-27-30)25(32)33)36-22(17-5-4-6-20(34-2)23(17)35-3)18-11-16(26)7-8-19(18)31(14)24/h4-8,11-13,21-22H,9-10H2,1-3H3,(H,32,33)/t21-,22-/m1/s1. The zero-order valence-electron chi connectivity index (χ0n) is 19.9. The molecule has 3 heterocycles. The molecule has 0 spiro atoms. The minimum absolute atomic E-state index is 0.122. The van der Waals surface area contributed by atoms with E-state index in [-0.39, 0.29) is 5.56 Å². The Labute approximate surface area is 212 Å². The number of carbonyl (C=O) groups is 1. The number of aryl methyl sites for hydroxylation is 2. The van der Waals surface area contributed by atoms with E-state index < -0.39 is 18.2 Å². The number of hydrogen-bond acceptors (Lipinski definition) is 7. The number of para-hydroxylation sites is 1. The molecule has 0 aliphatic carbocycles. The van der Waals surface area contributed by atoms with Crippen molar-refractivity contribution in [2.24, 2.45) is 0 Å². The molecule has 186 valence electrons. The van der Waals surface area contributed by atoms with Gasteiger partial charge < -0.3 is 19.3 Å². The topological polar surface area (TPSA) is 114 Å². The van der Waals surface area contributed by atoms with Crippen LogP contribution < -0.4 is 9.47 Å². The van der Waals surface area contributed by atoms with Gasteiger partial charge in [0.15, 0.2) is 17.3 Å². The van der Waals surface area contributed by atoms with Crippen molar-refractivity contribution >= 4 is 17.6 Å². The minimum Gasteiger partial charge on any atom is -0.493 e. The third kappa shape index (κ3) is 4.18. The van der Waals surface area contributed by atoms with Gasteiger partial charge in [0.25, 0.3) is 0 Å². The van der Waals surface area contributed by atoms with Crippen LogP contribution in [0.4, 0.5) is 0 Å². The van der Waals surface area contributed by atoms with Gasteiger partial charge in [-0.15, -0.1) is 10.2 Å². The summed E-state index contributed by atoms with van der Waals surface area (Å²) < 4.78 is 21.6. The average Bonchev–Trinajstić information content (AvgIpc) is 3.48. The molecular weight excluding hydrogens is 486 g/mol. The predicted molar refractivity (Wildman–Crippen MR) is 130 cm³/mol. The molecule has 11 heteroatoms. The van der Waals surface area contributed by atoms with Gasteiger partial charge in [-0.1, -0.05) is 23.7 Å². The van der Waals surface area contributed by atoms with Gasteiger partial charge in [0.1, 0.15) is 18.0 Å². The van der Waals surface area contributed by atoms with Gasteiger partial charge in [-0.25, -0.2) is 4.79 Å². The fraction of sp³-hybridized carbons (Fsp3) is 0.280. The number of ether oxygens (including phenoxy) is 3. The van der Waals surface area contributed by atoms with Crippen LogP contribution >= 0.6 is 11.6 Å². The Balaban J connectivity index is 1.62. The lowest BCUT2D eigenvalue weighted by Gasteiger charge is -2.25. The maximum Gasteiger partial charge on any atom is 0.338 e. The third-order valence-electron chi connectivity index (χ3n) is 6.17. The maximum atomic E-state index is 11.3. The highest BCUT2D eigenvalue weighted by molar-refractivity contribution is 6.30. The van der Waals surface area contributed by atoms with E-state index in [9.17, 15) is 9.90 Å². The molecule has 0 saturated heterocycles. The predicted octanol–water partition coefficient (Wildman–Crippen LogP) is 4.39. The molecule has 2 aromatic heterocycles. The number of aromatic carboxylic acids is 1. The zero-order chi connectivity index (χ0) is 25.4. The Hall–Kier alpha value is -3.89. The van der Waals surface area contributed by atoms with E-state index in [1.165, 1.54) is 12.4 Å². The van der Waals surface area contributed by atoms with Gasteiger partial charge in [0, 0.05) is 35.3 Å². The molecular formula is C25H24ClN5O5. The fourth-order valence-corrected chi connectivity index (χ4v) is 4.71. The monoisotopic (exact) mass is 509 g/mol. The first-order chi connectivity index (χ1) is 17.4. The molecule has 36 heavy (non-hydrogen) atoms. The second-order valence-electron chi connectivity index (χ2n) is 8.32. The Morgan fingerprint density at radius 2 is 2.00 bits per heavy atom. The summed E-state index contributed by atoms with van der Waals surface area (Å²) in [6.07, 6.45) is 2.21. The van der Waals surface area contributed by atoms with Gasteiger partial charge in [0.2, 0.25) is 0 Å². The van der Waals surface area contributed by atoms with Crippen molar-refractivity contribution in [1.29, 1.82) is 0 Å². The molecule has 0 amide bonds. The van der Waals surface area contributed by atoms with Crippen LogP contribution in [-0.4, -0.2) is 49.8 Å². The maximum absolute atomic E-state index is 11.3. The summed E-state index contributed by atoms with van der Waals surface area (Å²) in [5.41, 5.74) is 2.57. The second kappa shape index (κ2) is 9.63. The van der Waals surface area contributed by atoms with E-state index in [1.54, 1.807) is 18.9 Å². The normalized spacial score (nSPS) is 16.7. The van der Waals surface area contributed by atoms with E-state index in [0.717, 1.165) is 16.8 Å². The van der Waals surface area contributed by atoms with Crippen molar-refractivity contribution in [2.45, 2.75) is 32.1 Å². The number of rotatable bonds is 7. The molecule has 0 unspecified atom stereocenters. The number of halogens is 1. The Morgan fingerprint density at radius 1 is 1.17 bits per heavy atom. The lowest BCUT2D eigenvalue weighted by Crippen LogP contribution is -2.15. The Morgan fingerprint density at radius 3 is 2.72 bits per heavy atom. The van der Waals surface area contributed by atoms with E-state index in [4.69, 9.17) is 25.8 Å². The van der Waals surface area contributed by atoms with E-state index >= 15 is 0 Å². The SMILES string of the molecule is COc1cccc([C@H]2O[C@H](CCn3cc(C(=O)O)cn3)c3nnc(C)n3-c3ccc(Cl)cc32)c1OC. The first-order valence-corrected chi connectivity index (χ1v) is 11.6. The van der Waals surface area contributed by atoms with Crippen molar-refractivity contribution in [3.05, 3.63) is 82.2 Å². The van der Waals surface area contributed by atoms with Crippen molar-refractivity contribution in [3.8, 4) is 17.2 Å². The first-order valence-electron chi connectivity index (χ1n) is 11.2. The molecule has 4 aromatic rings.